The summed E-state index contributed by atoms with van der Waals surface area (Å²) in [6.07, 6.45) is 0.571. The molecule has 2 atom stereocenters. The minimum absolute atomic E-state index is 0.0403. The number of ether oxygens (including phenoxy) is 1. The first-order valence-corrected chi connectivity index (χ1v) is 7.88. The zero-order valence-corrected chi connectivity index (χ0v) is 13.4. The van der Waals surface area contributed by atoms with Crippen molar-refractivity contribution in [1.29, 1.82) is 0 Å². The number of carbonyl (C=O) groups is 2. The Hall–Kier alpha value is -2.21. The van der Waals surface area contributed by atoms with Crippen molar-refractivity contribution >= 4 is 17.5 Å². The molecule has 6 heteroatoms. The molecular weight excluding hydrogens is 294 g/mol. The van der Waals surface area contributed by atoms with Crippen LogP contribution < -0.4 is 0 Å². The summed E-state index contributed by atoms with van der Waals surface area (Å²) >= 11 is 0. The van der Waals surface area contributed by atoms with E-state index in [1.165, 1.54) is 5.01 Å². The molecule has 23 heavy (non-hydrogen) atoms. The van der Waals surface area contributed by atoms with Crippen LogP contribution in [0.4, 0.5) is 0 Å². The summed E-state index contributed by atoms with van der Waals surface area (Å²) in [4.78, 5) is 26.0. The SMILES string of the molecule is C[C@@H]1CN(C(=O)C2=NN(C)C(=O)CC2)C[C@H](c2ccccc2)O1. The van der Waals surface area contributed by atoms with E-state index in [4.69, 9.17) is 4.74 Å². The molecular formula is C17H21N3O3. The minimum Gasteiger partial charge on any atom is -0.367 e. The highest BCUT2D eigenvalue weighted by molar-refractivity contribution is 6.39. The van der Waals surface area contributed by atoms with E-state index in [-0.39, 0.29) is 24.0 Å². The molecule has 6 nitrogen and oxygen atoms in total. The monoisotopic (exact) mass is 315 g/mol. The molecule has 2 amide bonds. The lowest BCUT2D eigenvalue weighted by Gasteiger charge is -2.37. The standard InChI is InChI=1S/C17H21N3O3/c1-12-10-20(11-15(23-12)13-6-4-3-5-7-13)17(22)14-8-9-16(21)19(2)18-14/h3-7,12,15H,8-11H2,1-2H3/t12-,15-/m1/s1. The van der Waals surface area contributed by atoms with Crippen molar-refractivity contribution < 1.29 is 14.3 Å². The van der Waals surface area contributed by atoms with Crippen molar-refractivity contribution in [2.45, 2.75) is 32.0 Å². The van der Waals surface area contributed by atoms with Crippen LogP contribution in [0.2, 0.25) is 0 Å². The van der Waals surface area contributed by atoms with Crippen LogP contribution in [0, 0.1) is 0 Å². The van der Waals surface area contributed by atoms with Gasteiger partial charge in [-0.2, -0.15) is 5.10 Å². The van der Waals surface area contributed by atoms with Crippen LogP contribution in [-0.2, 0) is 14.3 Å². The molecule has 1 aromatic carbocycles. The van der Waals surface area contributed by atoms with Gasteiger partial charge in [0, 0.05) is 26.4 Å². The molecule has 2 aliphatic rings. The second kappa shape index (κ2) is 6.50. The summed E-state index contributed by atoms with van der Waals surface area (Å²) in [6, 6.07) is 9.92. The van der Waals surface area contributed by atoms with E-state index in [9.17, 15) is 9.59 Å². The Bertz CT molecular complexity index is 629. The van der Waals surface area contributed by atoms with Gasteiger partial charge in [0.25, 0.3) is 5.91 Å². The molecule has 0 unspecified atom stereocenters. The molecule has 1 aromatic rings. The smallest absolute Gasteiger partial charge is 0.270 e. The first-order chi connectivity index (χ1) is 11.0. The lowest BCUT2D eigenvalue weighted by Crippen LogP contribution is -2.49. The number of amides is 2. The summed E-state index contributed by atoms with van der Waals surface area (Å²) < 4.78 is 5.98. The van der Waals surface area contributed by atoms with Gasteiger partial charge in [-0.1, -0.05) is 30.3 Å². The van der Waals surface area contributed by atoms with Gasteiger partial charge in [-0.05, 0) is 12.5 Å². The first-order valence-electron chi connectivity index (χ1n) is 7.88. The number of rotatable bonds is 2. The Morgan fingerprint density at radius 2 is 1.96 bits per heavy atom. The fraction of sp³-hybridized carbons (Fsp3) is 0.471. The lowest BCUT2D eigenvalue weighted by molar-refractivity contribution is -0.138. The second-order valence-electron chi connectivity index (χ2n) is 6.02. The van der Waals surface area contributed by atoms with Crippen molar-refractivity contribution in [2.24, 2.45) is 5.10 Å². The van der Waals surface area contributed by atoms with E-state index in [2.05, 4.69) is 5.10 Å². The van der Waals surface area contributed by atoms with Crippen LogP contribution in [0.5, 0.6) is 0 Å². The molecule has 0 N–H and O–H groups in total. The van der Waals surface area contributed by atoms with Crippen LogP contribution in [0.15, 0.2) is 35.4 Å². The van der Waals surface area contributed by atoms with E-state index in [1.807, 2.05) is 37.3 Å². The molecule has 1 saturated heterocycles. The molecule has 0 bridgehead atoms. The highest BCUT2D eigenvalue weighted by Crippen LogP contribution is 2.25. The molecule has 0 radical (unpaired) electrons. The van der Waals surface area contributed by atoms with Crippen molar-refractivity contribution in [3.05, 3.63) is 35.9 Å². The number of hydrogen-bond donors (Lipinski definition) is 0. The van der Waals surface area contributed by atoms with Crippen LogP contribution in [0.1, 0.15) is 31.4 Å². The fourth-order valence-corrected chi connectivity index (χ4v) is 2.98. The molecule has 2 heterocycles. The normalized spacial score (nSPS) is 25.3. The summed E-state index contributed by atoms with van der Waals surface area (Å²) in [5.74, 6) is -0.153. The van der Waals surface area contributed by atoms with E-state index in [0.717, 1.165) is 5.56 Å². The summed E-state index contributed by atoms with van der Waals surface area (Å²) in [7, 11) is 1.59. The van der Waals surface area contributed by atoms with Crippen LogP contribution in [0.3, 0.4) is 0 Å². The molecule has 0 aromatic heterocycles. The van der Waals surface area contributed by atoms with Crippen molar-refractivity contribution in [2.75, 3.05) is 20.1 Å². The molecule has 1 fully saturated rings. The Morgan fingerprint density at radius 1 is 1.22 bits per heavy atom. The van der Waals surface area contributed by atoms with Gasteiger partial charge < -0.3 is 9.64 Å². The number of benzene rings is 1. The maximum atomic E-state index is 12.7. The summed E-state index contributed by atoms with van der Waals surface area (Å²) in [5, 5.41) is 5.39. The van der Waals surface area contributed by atoms with Crippen molar-refractivity contribution in [3.8, 4) is 0 Å². The molecule has 0 aliphatic carbocycles. The number of nitrogens with zero attached hydrogens (tertiary/aromatic N) is 3. The Kier molecular flexibility index (Phi) is 4.43. The maximum Gasteiger partial charge on any atom is 0.270 e. The highest BCUT2D eigenvalue weighted by atomic mass is 16.5. The van der Waals surface area contributed by atoms with Gasteiger partial charge in [0.05, 0.1) is 12.6 Å². The summed E-state index contributed by atoms with van der Waals surface area (Å²) in [6.45, 7) is 3.01. The number of carbonyl (C=O) groups excluding carboxylic acids is 2. The van der Waals surface area contributed by atoms with Crippen molar-refractivity contribution in [3.63, 3.8) is 0 Å². The zero-order valence-electron chi connectivity index (χ0n) is 13.4. The van der Waals surface area contributed by atoms with Crippen LogP contribution in [0.25, 0.3) is 0 Å². The Labute approximate surface area is 135 Å². The second-order valence-corrected chi connectivity index (χ2v) is 6.02. The number of hydrazone groups is 1. The average molecular weight is 315 g/mol. The van der Waals surface area contributed by atoms with Crippen LogP contribution >= 0.6 is 0 Å². The molecule has 0 spiro atoms. The molecule has 3 rings (SSSR count). The van der Waals surface area contributed by atoms with Gasteiger partial charge in [0.15, 0.2) is 0 Å². The van der Waals surface area contributed by atoms with Gasteiger partial charge in [-0.15, -0.1) is 0 Å². The maximum absolute atomic E-state index is 12.7. The predicted molar refractivity (Wildman–Crippen MR) is 85.7 cm³/mol. The van der Waals surface area contributed by atoms with Gasteiger partial charge >= 0.3 is 0 Å². The highest BCUT2D eigenvalue weighted by Gasteiger charge is 2.32. The van der Waals surface area contributed by atoms with E-state index in [1.54, 1.807) is 11.9 Å². The van der Waals surface area contributed by atoms with E-state index in [0.29, 0.717) is 31.6 Å². The predicted octanol–water partition coefficient (Wildman–Crippen LogP) is 1.58. The average Bonchev–Trinajstić information content (AvgIpc) is 2.57. The molecule has 0 saturated carbocycles. The Morgan fingerprint density at radius 3 is 2.65 bits per heavy atom. The minimum atomic E-state index is -0.132. The largest absolute Gasteiger partial charge is 0.367 e. The molecule has 2 aliphatic heterocycles. The van der Waals surface area contributed by atoms with E-state index >= 15 is 0 Å². The number of hydrogen-bond acceptors (Lipinski definition) is 4. The van der Waals surface area contributed by atoms with E-state index < -0.39 is 0 Å². The third-order valence-electron chi connectivity index (χ3n) is 4.17. The zero-order chi connectivity index (χ0) is 16.4. The van der Waals surface area contributed by atoms with Gasteiger partial charge in [0.2, 0.25) is 5.91 Å². The fourth-order valence-electron chi connectivity index (χ4n) is 2.98. The van der Waals surface area contributed by atoms with Crippen molar-refractivity contribution in [1.82, 2.24) is 9.91 Å². The van der Waals surface area contributed by atoms with Crippen LogP contribution in [-0.4, -0.2) is 53.7 Å². The molecule has 122 valence electrons. The van der Waals surface area contributed by atoms with Gasteiger partial charge in [-0.25, -0.2) is 5.01 Å². The topological polar surface area (TPSA) is 62.2 Å². The lowest BCUT2D eigenvalue weighted by atomic mass is 10.1. The number of morpholine rings is 1. The van der Waals surface area contributed by atoms with Gasteiger partial charge in [-0.3, -0.25) is 9.59 Å². The Balaban J connectivity index is 1.75. The summed E-state index contributed by atoms with van der Waals surface area (Å²) in [5.41, 5.74) is 1.52. The first kappa shape index (κ1) is 15.7. The van der Waals surface area contributed by atoms with Gasteiger partial charge in [0.1, 0.15) is 11.8 Å². The third kappa shape index (κ3) is 3.42. The third-order valence-corrected chi connectivity index (χ3v) is 4.17. The quantitative estimate of drug-likeness (QED) is 0.832.